The van der Waals surface area contributed by atoms with Crippen LogP contribution >= 0.6 is 11.6 Å². The number of hydrogen-bond donors (Lipinski definition) is 0. The number of nitrogens with zero attached hydrogens (tertiary/aromatic N) is 1. The molecule has 2 aromatic carbocycles. The van der Waals surface area contributed by atoms with Crippen LogP contribution in [0.15, 0.2) is 42.5 Å². The number of halogens is 1. The molecule has 0 spiro atoms. The molecule has 0 unspecified atom stereocenters. The van der Waals surface area contributed by atoms with Crippen molar-refractivity contribution in [3.05, 3.63) is 58.6 Å². The fraction of sp³-hybridized carbons (Fsp3) is 0.333. The fourth-order valence-electron chi connectivity index (χ4n) is 3.34. The van der Waals surface area contributed by atoms with Gasteiger partial charge in [-0.05, 0) is 42.1 Å². The van der Waals surface area contributed by atoms with E-state index in [9.17, 15) is 0 Å². The molecule has 3 nitrogen and oxygen atoms in total. The molecule has 1 saturated heterocycles. The first-order chi connectivity index (χ1) is 10.8. The average Bonchev–Trinajstić information content (AvgIpc) is 3.17. The number of hydrogen-bond acceptors (Lipinski definition) is 3. The van der Waals surface area contributed by atoms with Crippen molar-refractivity contribution in [1.29, 1.82) is 0 Å². The first kappa shape index (κ1) is 13.9. The summed E-state index contributed by atoms with van der Waals surface area (Å²) < 4.78 is 10.8. The molecule has 2 heterocycles. The molecule has 0 amide bonds. The van der Waals surface area contributed by atoms with E-state index in [2.05, 4.69) is 35.2 Å². The van der Waals surface area contributed by atoms with Crippen LogP contribution in [0.4, 0.5) is 0 Å². The van der Waals surface area contributed by atoms with Gasteiger partial charge in [0.25, 0.3) is 0 Å². The van der Waals surface area contributed by atoms with Crippen molar-refractivity contribution in [2.75, 3.05) is 19.9 Å². The van der Waals surface area contributed by atoms with Gasteiger partial charge in [-0.1, -0.05) is 41.9 Å². The molecule has 22 heavy (non-hydrogen) atoms. The quantitative estimate of drug-likeness (QED) is 0.852. The fourth-order valence-corrected chi connectivity index (χ4v) is 3.63. The Hall–Kier alpha value is -1.71. The number of benzene rings is 2. The molecule has 0 aromatic heterocycles. The number of fused-ring (bicyclic) bond motifs is 1. The normalized spacial score (nSPS) is 20.5. The molecule has 0 N–H and O–H groups in total. The number of ether oxygens (including phenoxy) is 2. The molecule has 2 aliphatic heterocycles. The van der Waals surface area contributed by atoms with Gasteiger partial charge in [0.1, 0.15) is 0 Å². The van der Waals surface area contributed by atoms with Crippen molar-refractivity contribution in [2.24, 2.45) is 0 Å². The van der Waals surface area contributed by atoms with Crippen LogP contribution in [0.1, 0.15) is 23.5 Å². The Morgan fingerprint density at radius 3 is 2.86 bits per heavy atom. The smallest absolute Gasteiger partial charge is 0.231 e. The molecule has 0 saturated carbocycles. The Balaban J connectivity index is 1.46. The van der Waals surface area contributed by atoms with Crippen molar-refractivity contribution in [2.45, 2.75) is 18.9 Å². The Kier molecular flexibility index (Phi) is 3.68. The van der Waals surface area contributed by atoms with E-state index in [-0.39, 0.29) is 6.79 Å². The SMILES string of the molecule is Clc1cc(CN2CC[C@H](c3ccccc3)C2)cc2c1OCO2. The van der Waals surface area contributed by atoms with Crippen LogP contribution in [0.5, 0.6) is 11.5 Å². The molecular formula is C18H18ClNO2. The summed E-state index contributed by atoms with van der Waals surface area (Å²) in [5.74, 6) is 2.07. The topological polar surface area (TPSA) is 21.7 Å². The molecule has 4 heteroatoms. The third kappa shape index (κ3) is 2.67. The van der Waals surface area contributed by atoms with Gasteiger partial charge in [0.05, 0.1) is 5.02 Å². The Labute approximate surface area is 135 Å². The molecule has 0 aliphatic carbocycles. The van der Waals surface area contributed by atoms with Crippen LogP contribution < -0.4 is 9.47 Å². The van der Waals surface area contributed by atoms with Gasteiger partial charge >= 0.3 is 0 Å². The Morgan fingerprint density at radius 1 is 1.14 bits per heavy atom. The third-order valence-electron chi connectivity index (χ3n) is 4.44. The van der Waals surface area contributed by atoms with Crippen LogP contribution in [-0.4, -0.2) is 24.8 Å². The summed E-state index contributed by atoms with van der Waals surface area (Å²) in [6.07, 6.45) is 1.21. The van der Waals surface area contributed by atoms with E-state index in [1.54, 1.807) is 0 Å². The van der Waals surface area contributed by atoms with Crippen LogP contribution in [-0.2, 0) is 6.54 Å². The molecule has 2 aliphatic rings. The van der Waals surface area contributed by atoms with Crippen LogP contribution in [0, 0.1) is 0 Å². The summed E-state index contributed by atoms with van der Waals surface area (Å²) in [5, 5.41) is 0.642. The van der Waals surface area contributed by atoms with E-state index in [0.717, 1.165) is 25.4 Å². The highest BCUT2D eigenvalue weighted by atomic mass is 35.5. The summed E-state index contributed by atoms with van der Waals surface area (Å²) in [4.78, 5) is 2.48. The number of likely N-dealkylation sites (tertiary alicyclic amines) is 1. The highest BCUT2D eigenvalue weighted by molar-refractivity contribution is 6.32. The minimum Gasteiger partial charge on any atom is -0.454 e. The summed E-state index contributed by atoms with van der Waals surface area (Å²) in [6, 6.07) is 14.8. The maximum atomic E-state index is 6.26. The van der Waals surface area contributed by atoms with Gasteiger partial charge in [0.2, 0.25) is 6.79 Å². The van der Waals surface area contributed by atoms with E-state index in [1.807, 2.05) is 12.1 Å². The third-order valence-corrected chi connectivity index (χ3v) is 4.72. The lowest BCUT2D eigenvalue weighted by molar-refractivity contribution is 0.174. The maximum Gasteiger partial charge on any atom is 0.231 e. The Morgan fingerprint density at radius 2 is 2.00 bits per heavy atom. The van der Waals surface area contributed by atoms with Gasteiger partial charge in [0, 0.05) is 13.1 Å². The second-order valence-corrected chi connectivity index (χ2v) is 6.35. The van der Waals surface area contributed by atoms with Gasteiger partial charge < -0.3 is 9.47 Å². The van der Waals surface area contributed by atoms with Gasteiger partial charge in [-0.25, -0.2) is 0 Å². The summed E-state index contributed by atoms with van der Waals surface area (Å²) >= 11 is 6.26. The zero-order valence-corrected chi connectivity index (χ0v) is 13.1. The van der Waals surface area contributed by atoms with Crippen molar-refractivity contribution in [1.82, 2.24) is 4.90 Å². The molecule has 1 atom stereocenters. The summed E-state index contributed by atoms with van der Waals surface area (Å²) in [7, 11) is 0. The zero-order valence-electron chi connectivity index (χ0n) is 12.3. The molecule has 4 rings (SSSR count). The average molecular weight is 316 g/mol. The minimum atomic E-state index is 0.262. The lowest BCUT2D eigenvalue weighted by Crippen LogP contribution is -2.19. The van der Waals surface area contributed by atoms with Crippen molar-refractivity contribution < 1.29 is 9.47 Å². The highest BCUT2D eigenvalue weighted by Crippen LogP contribution is 2.40. The van der Waals surface area contributed by atoms with Crippen molar-refractivity contribution in [3.8, 4) is 11.5 Å². The van der Waals surface area contributed by atoms with Crippen molar-refractivity contribution >= 4 is 11.6 Å². The maximum absolute atomic E-state index is 6.26. The van der Waals surface area contributed by atoms with E-state index in [0.29, 0.717) is 16.7 Å². The highest BCUT2D eigenvalue weighted by Gasteiger charge is 2.25. The predicted molar refractivity (Wildman–Crippen MR) is 86.7 cm³/mol. The molecule has 0 radical (unpaired) electrons. The van der Waals surface area contributed by atoms with Crippen LogP contribution in [0.3, 0.4) is 0 Å². The van der Waals surface area contributed by atoms with E-state index >= 15 is 0 Å². The lowest BCUT2D eigenvalue weighted by atomic mass is 9.99. The molecule has 1 fully saturated rings. The van der Waals surface area contributed by atoms with Gasteiger partial charge in [-0.2, -0.15) is 0 Å². The van der Waals surface area contributed by atoms with Gasteiger partial charge in [-0.3, -0.25) is 4.90 Å². The molecule has 0 bridgehead atoms. The van der Waals surface area contributed by atoms with E-state index < -0.39 is 0 Å². The Bertz CT molecular complexity index is 674. The van der Waals surface area contributed by atoms with Crippen LogP contribution in [0.2, 0.25) is 5.02 Å². The van der Waals surface area contributed by atoms with Gasteiger partial charge in [-0.15, -0.1) is 0 Å². The molecule has 114 valence electrons. The predicted octanol–water partition coefficient (Wildman–Crippen LogP) is 4.06. The molecular weight excluding hydrogens is 298 g/mol. The molecule has 2 aromatic rings. The minimum absolute atomic E-state index is 0.262. The van der Waals surface area contributed by atoms with Gasteiger partial charge in [0.15, 0.2) is 11.5 Å². The zero-order chi connectivity index (χ0) is 14.9. The van der Waals surface area contributed by atoms with Crippen LogP contribution in [0.25, 0.3) is 0 Å². The second kappa shape index (κ2) is 5.82. The lowest BCUT2D eigenvalue weighted by Gasteiger charge is -2.17. The largest absolute Gasteiger partial charge is 0.454 e. The number of rotatable bonds is 3. The first-order valence-electron chi connectivity index (χ1n) is 7.65. The summed E-state index contributed by atoms with van der Waals surface area (Å²) in [6.45, 7) is 3.37. The van der Waals surface area contributed by atoms with E-state index in [4.69, 9.17) is 21.1 Å². The first-order valence-corrected chi connectivity index (χ1v) is 8.03. The standard InChI is InChI=1S/C18H18ClNO2/c19-16-8-13(9-17-18(16)22-12-21-17)10-20-7-6-15(11-20)14-4-2-1-3-5-14/h1-5,8-9,15H,6-7,10-12H2/t15-/m0/s1. The van der Waals surface area contributed by atoms with Crippen molar-refractivity contribution in [3.63, 3.8) is 0 Å². The second-order valence-electron chi connectivity index (χ2n) is 5.94. The summed E-state index contributed by atoms with van der Waals surface area (Å²) in [5.41, 5.74) is 2.62. The monoisotopic (exact) mass is 315 g/mol. The van der Waals surface area contributed by atoms with E-state index in [1.165, 1.54) is 17.5 Å².